The molecular weight excluding hydrogens is 622 g/mol. The number of ether oxygens (including phenoxy) is 1. The first-order valence-corrected chi connectivity index (χ1v) is 16.7. The van der Waals surface area contributed by atoms with Gasteiger partial charge in [0.1, 0.15) is 18.5 Å². The molecule has 3 aliphatic rings. The first kappa shape index (κ1) is 32.3. The predicted octanol–water partition coefficient (Wildman–Crippen LogP) is 3.31. The van der Waals surface area contributed by atoms with Gasteiger partial charge in [-0.05, 0) is 43.5 Å². The largest absolute Gasteiger partial charge is 0.370 e. The fourth-order valence-corrected chi connectivity index (χ4v) is 7.12. The molecular formula is C33H37N7O6S. The van der Waals surface area contributed by atoms with Crippen LogP contribution in [0.2, 0.25) is 0 Å². The molecule has 5 amide bonds. The molecule has 246 valence electrons. The SMILES string of the molecule is O=C1CCC(N2Cc3c(NC(=O)COCCNC(=O)C4(Cc5cccc(Nc6nccs6)n5)CCCCC4)cccc3C2=O)C(=O)N1. The second kappa shape index (κ2) is 14.4. The number of hydrogen-bond donors (Lipinski definition) is 4. The summed E-state index contributed by atoms with van der Waals surface area (Å²) in [6.07, 6.45) is 7.27. The molecule has 1 aromatic carbocycles. The maximum absolute atomic E-state index is 13.5. The van der Waals surface area contributed by atoms with Gasteiger partial charge in [0.15, 0.2) is 5.13 Å². The zero-order valence-corrected chi connectivity index (χ0v) is 26.7. The number of piperidine rings is 1. The van der Waals surface area contributed by atoms with Crippen molar-refractivity contribution in [2.24, 2.45) is 5.41 Å². The molecule has 1 atom stereocenters. The third kappa shape index (κ3) is 7.49. The van der Waals surface area contributed by atoms with E-state index < -0.39 is 23.3 Å². The zero-order chi connectivity index (χ0) is 32.8. The standard InChI is InChI=1S/C33H37N7O6S/c41-27-11-10-25(29(43)39-27)40-19-23-22(30(40)44)7-5-8-24(23)37-28(42)20-46-16-14-34-31(45)33(12-2-1-3-13-33)18-21-6-4-9-26(36-21)38-32-35-15-17-47-32/h4-9,15,17,25H,1-3,10-14,16,18-20H2,(H,34,45)(H,37,42)(H,35,36,38)(H,39,41,43). The van der Waals surface area contributed by atoms with E-state index in [1.807, 2.05) is 23.6 Å². The molecule has 4 N–H and O–H groups in total. The number of nitrogens with one attached hydrogen (secondary N) is 4. The molecule has 0 spiro atoms. The molecule has 13 nitrogen and oxygen atoms in total. The number of imide groups is 1. The van der Waals surface area contributed by atoms with Crippen LogP contribution < -0.4 is 21.3 Å². The molecule has 2 fully saturated rings. The fourth-order valence-electron chi connectivity index (χ4n) is 6.58. The number of hydrogen-bond acceptors (Lipinski definition) is 10. The quantitative estimate of drug-likeness (QED) is 0.168. The Morgan fingerprint density at radius 1 is 1.09 bits per heavy atom. The molecule has 14 heteroatoms. The Morgan fingerprint density at radius 2 is 1.91 bits per heavy atom. The van der Waals surface area contributed by atoms with Crippen LogP contribution in [0.4, 0.5) is 16.6 Å². The number of nitrogens with zero attached hydrogens (tertiary/aromatic N) is 3. The van der Waals surface area contributed by atoms with E-state index in [1.165, 1.54) is 16.2 Å². The summed E-state index contributed by atoms with van der Waals surface area (Å²) in [5, 5.41) is 14.0. The summed E-state index contributed by atoms with van der Waals surface area (Å²) < 4.78 is 5.59. The van der Waals surface area contributed by atoms with Crippen LogP contribution in [0, 0.1) is 5.41 Å². The Kier molecular flexibility index (Phi) is 9.87. The molecule has 2 aromatic heterocycles. The van der Waals surface area contributed by atoms with Crippen LogP contribution in [0.1, 0.15) is 66.6 Å². The lowest BCUT2D eigenvalue weighted by molar-refractivity contribution is -0.137. The van der Waals surface area contributed by atoms with Crippen molar-refractivity contribution in [2.75, 3.05) is 30.4 Å². The molecule has 1 aliphatic carbocycles. The van der Waals surface area contributed by atoms with Crippen molar-refractivity contribution in [3.63, 3.8) is 0 Å². The molecule has 1 saturated carbocycles. The van der Waals surface area contributed by atoms with Crippen molar-refractivity contribution in [3.05, 3.63) is 64.8 Å². The summed E-state index contributed by atoms with van der Waals surface area (Å²) in [6, 6.07) is 10.0. The van der Waals surface area contributed by atoms with Gasteiger partial charge in [-0.3, -0.25) is 29.3 Å². The van der Waals surface area contributed by atoms with Gasteiger partial charge in [-0.2, -0.15) is 0 Å². The summed E-state index contributed by atoms with van der Waals surface area (Å²) in [5.74, 6) is -0.906. The van der Waals surface area contributed by atoms with E-state index >= 15 is 0 Å². The van der Waals surface area contributed by atoms with E-state index in [2.05, 4.69) is 26.3 Å². The molecule has 6 rings (SSSR count). The monoisotopic (exact) mass is 659 g/mol. The van der Waals surface area contributed by atoms with Gasteiger partial charge in [0.25, 0.3) is 5.91 Å². The smallest absolute Gasteiger partial charge is 0.255 e. The molecule has 3 aromatic rings. The van der Waals surface area contributed by atoms with Crippen molar-refractivity contribution in [3.8, 4) is 0 Å². The summed E-state index contributed by atoms with van der Waals surface area (Å²) in [4.78, 5) is 73.7. The number of thiazole rings is 1. The van der Waals surface area contributed by atoms with E-state index in [9.17, 15) is 24.0 Å². The second-order valence-electron chi connectivity index (χ2n) is 12.1. The first-order chi connectivity index (χ1) is 22.8. The van der Waals surface area contributed by atoms with Crippen LogP contribution in [0.15, 0.2) is 48.0 Å². The minimum Gasteiger partial charge on any atom is -0.370 e. The highest BCUT2D eigenvalue weighted by atomic mass is 32.1. The average molecular weight is 660 g/mol. The van der Waals surface area contributed by atoms with E-state index in [4.69, 9.17) is 9.72 Å². The van der Waals surface area contributed by atoms with Crippen LogP contribution in [-0.4, -0.2) is 70.2 Å². The minimum absolute atomic E-state index is 0.0320. The Bertz CT molecular complexity index is 1660. The van der Waals surface area contributed by atoms with Gasteiger partial charge in [0.05, 0.1) is 12.0 Å². The third-order valence-corrected chi connectivity index (χ3v) is 9.60. The van der Waals surface area contributed by atoms with Crippen molar-refractivity contribution < 1.29 is 28.7 Å². The molecule has 4 heterocycles. The molecule has 2 aliphatic heterocycles. The van der Waals surface area contributed by atoms with Gasteiger partial charge in [0, 0.05) is 60.0 Å². The molecule has 47 heavy (non-hydrogen) atoms. The van der Waals surface area contributed by atoms with Gasteiger partial charge >= 0.3 is 0 Å². The Labute approximate surface area is 275 Å². The van der Waals surface area contributed by atoms with Crippen molar-refractivity contribution in [1.82, 2.24) is 25.5 Å². The maximum atomic E-state index is 13.5. The zero-order valence-electron chi connectivity index (χ0n) is 25.9. The summed E-state index contributed by atoms with van der Waals surface area (Å²) in [6.45, 7) is 0.310. The number of pyridine rings is 1. The van der Waals surface area contributed by atoms with E-state index in [0.717, 1.165) is 42.9 Å². The number of amides is 5. The summed E-state index contributed by atoms with van der Waals surface area (Å²) in [5.41, 5.74) is 1.76. The van der Waals surface area contributed by atoms with Crippen LogP contribution in [0.3, 0.4) is 0 Å². The number of aromatic nitrogens is 2. The lowest BCUT2D eigenvalue weighted by Crippen LogP contribution is -2.52. The second-order valence-corrected chi connectivity index (χ2v) is 13.0. The summed E-state index contributed by atoms with van der Waals surface area (Å²) >= 11 is 1.49. The fraction of sp³-hybridized carbons (Fsp3) is 0.424. The van der Waals surface area contributed by atoms with Crippen LogP contribution in [0.25, 0.3) is 0 Å². The molecule has 0 radical (unpaired) electrons. The first-order valence-electron chi connectivity index (χ1n) is 15.9. The predicted molar refractivity (Wildman–Crippen MR) is 174 cm³/mol. The van der Waals surface area contributed by atoms with E-state index in [1.54, 1.807) is 24.4 Å². The highest BCUT2D eigenvalue weighted by molar-refractivity contribution is 7.13. The Balaban J connectivity index is 0.984. The normalized spacial score (nSPS) is 18.8. The molecule has 1 unspecified atom stereocenters. The van der Waals surface area contributed by atoms with Gasteiger partial charge < -0.3 is 25.6 Å². The number of fused-ring (bicyclic) bond motifs is 1. The van der Waals surface area contributed by atoms with Crippen LogP contribution in [-0.2, 0) is 36.9 Å². The summed E-state index contributed by atoms with van der Waals surface area (Å²) in [7, 11) is 0. The number of carbonyl (C=O) groups excluding carboxylic acids is 5. The Hall–Kier alpha value is -4.69. The van der Waals surface area contributed by atoms with Crippen molar-refractivity contribution in [1.29, 1.82) is 0 Å². The number of rotatable bonds is 12. The van der Waals surface area contributed by atoms with Gasteiger partial charge in [-0.15, -0.1) is 11.3 Å². The van der Waals surface area contributed by atoms with Gasteiger partial charge in [0.2, 0.25) is 23.6 Å². The van der Waals surface area contributed by atoms with E-state index in [-0.39, 0.29) is 56.9 Å². The lowest BCUT2D eigenvalue weighted by Gasteiger charge is -2.35. The number of anilines is 3. The highest BCUT2D eigenvalue weighted by Gasteiger charge is 2.41. The topological polar surface area (TPSA) is 172 Å². The van der Waals surface area contributed by atoms with Crippen molar-refractivity contribution >= 4 is 57.5 Å². The molecule has 0 bridgehead atoms. The molecule has 1 saturated heterocycles. The van der Waals surface area contributed by atoms with E-state index in [0.29, 0.717) is 29.1 Å². The van der Waals surface area contributed by atoms with Crippen molar-refractivity contribution in [2.45, 2.75) is 64.0 Å². The lowest BCUT2D eigenvalue weighted by atomic mass is 9.70. The maximum Gasteiger partial charge on any atom is 0.255 e. The highest BCUT2D eigenvalue weighted by Crippen LogP contribution is 2.39. The third-order valence-electron chi connectivity index (χ3n) is 8.91. The number of benzene rings is 1. The van der Waals surface area contributed by atoms with Crippen LogP contribution >= 0.6 is 11.3 Å². The minimum atomic E-state index is -0.741. The van der Waals surface area contributed by atoms with Gasteiger partial charge in [-0.25, -0.2) is 9.97 Å². The average Bonchev–Trinajstić information content (AvgIpc) is 3.69. The van der Waals surface area contributed by atoms with Crippen LogP contribution in [0.5, 0.6) is 0 Å². The Morgan fingerprint density at radius 3 is 2.70 bits per heavy atom. The van der Waals surface area contributed by atoms with Gasteiger partial charge in [-0.1, -0.05) is 31.4 Å². The number of carbonyl (C=O) groups is 5.